The Morgan fingerprint density at radius 3 is 2.82 bits per heavy atom. The molecule has 34 heavy (non-hydrogen) atoms. The highest BCUT2D eigenvalue weighted by atomic mass is 32.2. The summed E-state index contributed by atoms with van der Waals surface area (Å²) in [5, 5.41) is 14.3. The number of rotatable bonds is 4. The number of nitrogens with zero attached hydrogens (tertiary/aromatic N) is 5. The number of hydrogen-bond donors (Lipinski definition) is 2. The van der Waals surface area contributed by atoms with Gasteiger partial charge in [0.05, 0.1) is 34.8 Å². The van der Waals surface area contributed by atoms with Crippen molar-refractivity contribution >= 4 is 32.5 Å². The Hall–Kier alpha value is -4.17. The van der Waals surface area contributed by atoms with Crippen molar-refractivity contribution in [3.05, 3.63) is 70.9 Å². The third-order valence-corrected chi connectivity index (χ3v) is 7.22. The molecule has 11 heteroatoms. The molecule has 2 aromatic carbocycles. The first kappa shape index (κ1) is 21.7. The number of nitriles is 1. The molecule has 2 aromatic heterocycles. The fourth-order valence-electron chi connectivity index (χ4n) is 4.21. The lowest BCUT2D eigenvalue weighted by molar-refractivity contribution is 0.0702. The summed E-state index contributed by atoms with van der Waals surface area (Å²) in [5.74, 6) is 1.08. The standard InChI is InChI=1S/C23H21N7O3S/c1-14-6-7-19(22-21(14)17(11-24)12-25-22)28-34(32,33)18-5-3-4-16(10-18)23(31)29-8-9-30-20(13-29)26-15(2)27-30/h3-7,10,12,25,28H,8-9,13H2,1-2H3. The van der Waals surface area contributed by atoms with Gasteiger partial charge in [0.1, 0.15) is 17.7 Å². The highest BCUT2D eigenvalue weighted by molar-refractivity contribution is 7.92. The van der Waals surface area contributed by atoms with Crippen molar-refractivity contribution in [2.75, 3.05) is 11.3 Å². The predicted molar refractivity (Wildman–Crippen MR) is 125 cm³/mol. The second kappa shape index (κ2) is 8.00. The molecular formula is C23H21N7O3S. The third-order valence-electron chi connectivity index (χ3n) is 5.86. The second-order valence-corrected chi connectivity index (χ2v) is 9.84. The molecule has 2 N–H and O–H groups in total. The molecule has 1 aliphatic rings. The number of amides is 1. The molecule has 4 aromatic rings. The van der Waals surface area contributed by atoms with Crippen molar-refractivity contribution < 1.29 is 13.2 Å². The normalized spacial score (nSPS) is 13.5. The van der Waals surface area contributed by atoms with E-state index in [1.165, 1.54) is 12.1 Å². The number of aryl methyl sites for hydroxylation is 2. The molecule has 0 saturated heterocycles. The van der Waals surface area contributed by atoms with Crippen LogP contribution in [0.25, 0.3) is 10.9 Å². The van der Waals surface area contributed by atoms with Gasteiger partial charge in [-0.25, -0.2) is 18.1 Å². The van der Waals surface area contributed by atoms with E-state index in [-0.39, 0.29) is 16.4 Å². The fourth-order valence-corrected chi connectivity index (χ4v) is 5.33. The summed E-state index contributed by atoms with van der Waals surface area (Å²) in [6.07, 6.45) is 1.55. The van der Waals surface area contributed by atoms with E-state index in [2.05, 4.69) is 25.9 Å². The summed E-state index contributed by atoms with van der Waals surface area (Å²) in [6, 6.07) is 11.5. The van der Waals surface area contributed by atoms with Gasteiger partial charge < -0.3 is 9.88 Å². The molecule has 5 rings (SSSR count). The van der Waals surface area contributed by atoms with Crippen molar-refractivity contribution in [1.29, 1.82) is 5.26 Å². The van der Waals surface area contributed by atoms with Crippen LogP contribution >= 0.6 is 0 Å². The van der Waals surface area contributed by atoms with Gasteiger partial charge in [0.25, 0.3) is 15.9 Å². The van der Waals surface area contributed by atoms with Gasteiger partial charge in [-0.3, -0.25) is 9.52 Å². The Balaban J connectivity index is 1.43. The van der Waals surface area contributed by atoms with Crippen molar-refractivity contribution in [1.82, 2.24) is 24.6 Å². The van der Waals surface area contributed by atoms with E-state index in [1.807, 2.05) is 6.92 Å². The first-order valence-electron chi connectivity index (χ1n) is 10.6. The molecule has 172 valence electrons. The minimum Gasteiger partial charge on any atom is -0.358 e. The van der Waals surface area contributed by atoms with E-state index in [0.717, 1.165) is 5.56 Å². The Kier molecular flexibility index (Phi) is 5.10. The number of aromatic amines is 1. The lowest BCUT2D eigenvalue weighted by Gasteiger charge is -2.26. The number of hydrogen-bond acceptors (Lipinski definition) is 6. The van der Waals surface area contributed by atoms with Crippen LogP contribution in [0, 0.1) is 25.2 Å². The highest BCUT2D eigenvalue weighted by Gasteiger charge is 2.25. The summed E-state index contributed by atoms with van der Waals surface area (Å²) in [6.45, 7) is 4.96. The summed E-state index contributed by atoms with van der Waals surface area (Å²) >= 11 is 0. The molecule has 0 spiro atoms. The Morgan fingerprint density at radius 2 is 2.03 bits per heavy atom. The molecule has 0 bridgehead atoms. The molecule has 1 aliphatic heterocycles. The van der Waals surface area contributed by atoms with E-state index in [4.69, 9.17) is 0 Å². The van der Waals surface area contributed by atoms with Crippen LogP contribution in [0.5, 0.6) is 0 Å². The van der Waals surface area contributed by atoms with Crippen molar-refractivity contribution in [3.8, 4) is 6.07 Å². The van der Waals surface area contributed by atoms with Gasteiger partial charge in [0.2, 0.25) is 0 Å². The molecule has 0 aliphatic carbocycles. The van der Waals surface area contributed by atoms with Crippen LogP contribution < -0.4 is 4.72 Å². The maximum absolute atomic E-state index is 13.2. The molecule has 10 nitrogen and oxygen atoms in total. The van der Waals surface area contributed by atoms with Crippen molar-refractivity contribution in [2.45, 2.75) is 31.8 Å². The molecule has 3 heterocycles. The van der Waals surface area contributed by atoms with Gasteiger partial charge in [0, 0.05) is 23.7 Å². The average Bonchev–Trinajstić information content (AvgIpc) is 3.43. The van der Waals surface area contributed by atoms with Crippen LogP contribution in [0.4, 0.5) is 5.69 Å². The zero-order valence-corrected chi connectivity index (χ0v) is 19.3. The second-order valence-electron chi connectivity index (χ2n) is 8.15. The van der Waals surface area contributed by atoms with Crippen LogP contribution in [-0.2, 0) is 23.1 Å². The predicted octanol–water partition coefficient (Wildman–Crippen LogP) is 2.70. The Labute approximate surface area is 195 Å². The first-order chi connectivity index (χ1) is 16.3. The van der Waals surface area contributed by atoms with E-state index >= 15 is 0 Å². The monoisotopic (exact) mass is 475 g/mol. The number of sulfonamides is 1. The maximum Gasteiger partial charge on any atom is 0.261 e. The number of anilines is 1. The van der Waals surface area contributed by atoms with Gasteiger partial charge in [-0.2, -0.15) is 10.4 Å². The molecule has 0 unspecified atom stereocenters. The molecular weight excluding hydrogens is 454 g/mol. The van der Waals surface area contributed by atoms with Gasteiger partial charge >= 0.3 is 0 Å². The number of carbonyl (C=O) groups is 1. The smallest absolute Gasteiger partial charge is 0.261 e. The van der Waals surface area contributed by atoms with E-state index in [0.29, 0.717) is 53.4 Å². The number of aromatic nitrogens is 4. The topological polar surface area (TPSA) is 137 Å². The van der Waals surface area contributed by atoms with Gasteiger partial charge in [-0.1, -0.05) is 12.1 Å². The van der Waals surface area contributed by atoms with Crippen LogP contribution in [0.15, 0.2) is 47.5 Å². The van der Waals surface area contributed by atoms with E-state index < -0.39 is 10.0 Å². The van der Waals surface area contributed by atoms with Gasteiger partial charge in [-0.05, 0) is 43.7 Å². The molecule has 0 atom stereocenters. The van der Waals surface area contributed by atoms with Crippen molar-refractivity contribution in [3.63, 3.8) is 0 Å². The van der Waals surface area contributed by atoms with E-state index in [1.54, 1.807) is 47.0 Å². The molecule has 0 fully saturated rings. The average molecular weight is 476 g/mol. The number of carbonyl (C=O) groups excluding carboxylic acids is 1. The van der Waals surface area contributed by atoms with Crippen LogP contribution in [0.3, 0.4) is 0 Å². The molecule has 1 amide bonds. The summed E-state index contributed by atoms with van der Waals surface area (Å²) in [7, 11) is -4.00. The SMILES string of the molecule is Cc1nc2n(n1)CCN(C(=O)c1cccc(S(=O)(=O)Nc3ccc(C)c4c(C#N)c[nH]c34)c1)C2. The lowest BCUT2D eigenvalue weighted by Crippen LogP contribution is -2.38. The fraction of sp³-hybridized carbons (Fsp3) is 0.217. The lowest BCUT2D eigenvalue weighted by atomic mass is 10.1. The largest absolute Gasteiger partial charge is 0.358 e. The van der Waals surface area contributed by atoms with Crippen molar-refractivity contribution in [2.24, 2.45) is 0 Å². The minimum absolute atomic E-state index is 0.0323. The molecule has 0 radical (unpaired) electrons. The Bertz CT molecular complexity index is 1590. The highest BCUT2D eigenvalue weighted by Crippen LogP contribution is 2.30. The quantitative estimate of drug-likeness (QED) is 0.466. The first-order valence-corrected chi connectivity index (χ1v) is 12.1. The van der Waals surface area contributed by atoms with E-state index in [9.17, 15) is 18.5 Å². The maximum atomic E-state index is 13.2. The van der Waals surface area contributed by atoms with Crippen LogP contribution in [0.1, 0.15) is 33.1 Å². The zero-order chi connectivity index (χ0) is 24.0. The number of fused-ring (bicyclic) bond motifs is 2. The summed E-state index contributed by atoms with van der Waals surface area (Å²) in [5.41, 5.74) is 2.42. The minimum atomic E-state index is -4.00. The van der Waals surface area contributed by atoms with Gasteiger partial charge in [-0.15, -0.1) is 0 Å². The van der Waals surface area contributed by atoms with Crippen LogP contribution in [0.2, 0.25) is 0 Å². The third kappa shape index (κ3) is 3.68. The zero-order valence-electron chi connectivity index (χ0n) is 18.5. The number of H-pyrrole nitrogens is 1. The van der Waals surface area contributed by atoms with Gasteiger partial charge in [0.15, 0.2) is 0 Å². The number of nitrogens with one attached hydrogen (secondary N) is 2. The van der Waals surface area contributed by atoms with Crippen LogP contribution in [-0.4, -0.2) is 45.5 Å². The summed E-state index contributed by atoms with van der Waals surface area (Å²) in [4.78, 5) is 22.1. The summed E-state index contributed by atoms with van der Waals surface area (Å²) < 4.78 is 30.7. The number of benzene rings is 2. The Morgan fingerprint density at radius 1 is 1.21 bits per heavy atom. The molecule has 0 saturated carbocycles.